The van der Waals surface area contributed by atoms with Crippen LogP contribution in [0.25, 0.3) is 10.1 Å². The van der Waals surface area contributed by atoms with E-state index in [0.29, 0.717) is 0 Å². The van der Waals surface area contributed by atoms with Crippen molar-refractivity contribution in [3.8, 4) is 0 Å². The second kappa shape index (κ2) is 10.2. The summed E-state index contributed by atoms with van der Waals surface area (Å²) in [5, 5.41) is 8.61. The molecule has 4 heteroatoms. The number of hydrogen-bond donors (Lipinski definition) is 2. The van der Waals surface area contributed by atoms with E-state index in [0.717, 1.165) is 0 Å². The van der Waals surface area contributed by atoms with Crippen LogP contribution in [0.2, 0.25) is 0 Å². The third-order valence-electron chi connectivity index (χ3n) is 3.25. The van der Waals surface area contributed by atoms with Gasteiger partial charge in [0.25, 0.3) is 0 Å². The van der Waals surface area contributed by atoms with Gasteiger partial charge in [0, 0.05) is 9.58 Å². The lowest BCUT2D eigenvalue weighted by Crippen LogP contribution is -2.03. The first kappa shape index (κ1) is 17.5. The quantitative estimate of drug-likeness (QED) is 0.670. The van der Waals surface area contributed by atoms with E-state index in [1.165, 1.54) is 55.0 Å². The lowest BCUT2D eigenvalue weighted by Gasteiger charge is -1.98. The smallest absolute Gasteiger partial charge is 0.402 e. The molecule has 0 saturated carbocycles. The van der Waals surface area contributed by atoms with Gasteiger partial charge in [-0.15, -0.1) is 11.3 Å². The predicted molar refractivity (Wildman–Crippen MR) is 91.1 cm³/mol. The standard InChI is InChI=1S/C16H22S.CH3NO2/c1-2-3-4-5-6-7-11-15-13-14-10-8-9-12-16(14)17-15;2-1(3)4/h8-10,12-13H,2-7,11H2,1H3;2H2,(H,3,4). The Balaban J connectivity index is 0.000000491. The van der Waals surface area contributed by atoms with Crippen molar-refractivity contribution in [3.05, 3.63) is 35.2 Å². The number of carbonyl (C=O) groups is 1. The summed E-state index contributed by atoms with van der Waals surface area (Å²) in [7, 11) is 0. The van der Waals surface area contributed by atoms with E-state index in [2.05, 4.69) is 43.0 Å². The van der Waals surface area contributed by atoms with Crippen LogP contribution in [0.15, 0.2) is 30.3 Å². The van der Waals surface area contributed by atoms with Crippen molar-refractivity contribution in [2.45, 2.75) is 51.9 Å². The number of rotatable bonds is 7. The molecule has 1 amide bonds. The molecule has 1 aromatic carbocycles. The molecule has 0 aliphatic heterocycles. The molecule has 0 saturated heterocycles. The highest BCUT2D eigenvalue weighted by Gasteiger charge is 2.00. The van der Waals surface area contributed by atoms with Crippen molar-refractivity contribution in [2.75, 3.05) is 0 Å². The molecular weight excluding hydrogens is 282 g/mol. The molecule has 0 aliphatic carbocycles. The lowest BCUT2D eigenvalue weighted by molar-refractivity contribution is 0.205. The monoisotopic (exact) mass is 307 g/mol. The summed E-state index contributed by atoms with van der Waals surface area (Å²) >= 11 is 1.97. The van der Waals surface area contributed by atoms with Crippen molar-refractivity contribution in [3.63, 3.8) is 0 Å². The topological polar surface area (TPSA) is 63.3 Å². The Hall–Kier alpha value is -1.55. The second-order valence-electron chi connectivity index (χ2n) is 5.11. The average Bonchev–Trinajstić information content (AvgIpc) is 2.84. The van der Waals surface area contributed by atoms with Gasteiger partial charge in [-0.25, -0.2) is 4.79 Å². The van der Waals surface area contributed by atoms with Crippen LogP contribution in [-0.2, 0) is 6.42 Å². The maximum absolute atomic E-state index is 8.78. The van der Waals surface area contributed by atoms with Crippen LogP contribution < -0.4 is 5.73 Å². The SMILES string of the molecule is CCCCCCCCc1cc2ccccc2s1.NC(=O)O. The molecule has 1 heterocycles. The molecule has 2 rings (SSSR count). The van der Waals surface area contributed by atoms with E-state index >= 15 is 0 Å². The molecule has 2 aromatic rings. The van der Waals surface area contributed by atoms with E-state index in [1.54, 1.807) is 4.88 Å². The maximum atomic E-state index is 8.78. The first-order chi connectivity index (χ1) is 10.1. The van der Waals surface area contributed by atoms with Gasteiger partial charge >= 0.3 is 6.09 Å². The molecule has 3 N–H and O–H groups in total. The van der Waals surface area contributed by atoms with Crippen LogP contribution in [0.3, 0.4) is 0 Å². The average molecular weight is 307 g/mol. The van der Waals surface area contributed by atoms with Crippen LogP contribution >= 0.6 is 11.3 Å². The molecule has 21 heavy (non-hydrogen) atoms. The molecule has 0 bridgehead atoms. The molecule has 0 spiro atoms. The van der Waals surface area contributed by atoms with Gasteiger partial charge in [-0.2, -0.15) is 0 Å². The van der Waals surface area contributed by atoms with Crippen LogP contribution in [0, 0.1) is 0 Å². The number of fused-ring (bicyclic) bond motifs is 1. The number of carboxylic acid groups (broad SMARTS) is 1. The van der Waals surface area contributed by atoms with E-state index in [9.17, 15) is 0 Å². The summed E-state index contributed by atoms with van der Waals surface area (Å²) in [5.41, 5.74) is 4.03. The van der Waals surface area contributed by atoms with Gasteiger partial charge in [0.15, 0.2) is 0 Å². The zero-order valence-corrected chi connectivity index (χ0v) is 13.5. The molecule has 0 aliphatic rings. The van der Waals surface area contributed by atoms with Crippen molar-refractivity contribution in [2.24, 2.45) is 5.73 Å². The Kier molecular flexibility index (Phi) is 8.51. The molecule has 1 aromatic heterocycles. The third kappa shape index (κ3) is 7.71. The molecule has 0 radical (unpaired) electrons. The zero-order valence-electron chi connectivity index (χ0n) is 12.7. The largest absolute Gasteiger partial charge is 0.465 e. The third-order valence-corrected chi connectivity index (χ3v) is 4.43. The summed E-state index contributed by atoms with van der Waals surface area (Å²) < 4.78 is 1.44. The number of amides is 1. The highest BCUT2D eigenvalue weighted by Crippen LogP contribution is 2.26. The zero-order chi connectivity index (χ0) is 15.5. The van der Waals surface area contributed by atoms with Crippen molar-refractivity contribution >= 4 is 27.5 Å². The van der Waals surface area contributed by atoms with E-state index < -0.39 is 6.09 Å². The van der Waals surface area contributed by atoms with Crippen molar-refractivity contribution < 1.29 is 9.90 Å². The van der Waals surface area contributed by atoms with Crippen molar-refractivity contribution in [1.82, 2.24) is 0 Å². The number of aryl methyl sites for hydroxylation is 1. The Bertz CT molecular complexity index is 499. The fourth-order valence-electron chi connectivity index (χ4n) is 2.24. The minimum Gasteiger partial charge on any atom is -0.465 e. The first-order valence-corrected chi connectivity index (χ1v) is 8.41. The van der Waals surface area contributed by atoms with Gasteiger partial charge in [-0.05, 0) is 30.4 Å². The minimum absolute atomic E-state index is 1.27. The maximum Gasteiger partial charge on any atom is 0.402 e. The van der Waals surface area contributed by atoms with Crippen LogP contribution in [-0.4, -0.2) is 11.2 Å². The number of benzene rings is 1. The first-order valence-electron chi connectivity index (χ1n) is 7.59. The second-order valence-corrected chi connectivity index (χ2v) is 6.27. The lowest BCUT2D eigenvalue weighted by atomic mass is 10.1. The number of hydrogen-bond acceptors (Lipinski definition) is 2. The highest BCUT2D eigenvalue weighted by molar-refractivity contribution is 7.19. The van der Waals surface area contributed by atoms with Gasteiger partial charge in [0.1, 0.15) is 0 Å². The number of thiophene rings is 1. The van der Waals surface area contributed by atoms with Crippen LogP contribution in [0.4, 0.5) is 4.79 Å². The molecule has 0 unspecified atom stereocenters. The van der Waals surface area contributed by atoms with E-state index in [4.69, 9.17) is 9.90 Å². The van der Waals surface area contributed by atoms with Crippen molar-refractivity contribution in [1.29, 1.82) is 0 Å². The normalized spacial score (nSPS) is 10.1. The fourth-order valence-corrected chi connectivity index (χ4v) is 3.35. The molecule has 3 nitrogen and oxygen atoms in total. The summed E-state index contributed by atoms with van der Waals surface area (Å²) in [4.78, 5) is 10.3. The van der Waals surface area contributed by atoms with Gasteiger partial charge in [0.2, 0.25) is 0 Å². The Morgan fingerprint density at radius 1 is 1.14 bits per heavy atom. The van der Waals surface area contributed by atoms with Gasteiger partial charge in [-0.1, -0.05) is 57.2 Å². The summed E-state index contributed by atoms with van der Waals surface area (Å²) in [5.74, 6) is 0. The Morgan fingerprint density at radius 2 is 1.76 bits per heavy atom. The predicted octanol–water partition coefficient (Wildman–Crippen LogP) is 5.43. The summed E-state index contributed by atoms with van der Waals surface area (Å²) in [6.45, 7) is 2.28. The number of primary amides is 1. The summed E-state index contributed by atoms with van der Waals surface area (Å²) in [6, 6.07) is 11.1. The molecule has 0 fully saturated rings. The number of nitrogens with two attached hydrogens (primary N) is 1. The van der Waals surface area contributed by atoms with Crippen LogP contribution in [0.1, 0.15) is 50.3 Å². The van der Waals surface area contributed by atoms with E-state index in [1.807, 2.05) is 11.3 Å². The highest BCUT2D eigenvalue weighted by atomic mass is 32.1. The Labute approximate surface area is 130 Å². The van der Waals surface area contributed by atoms with Crippen LogP contribution in [0.5, 0.6) is 0 Å². The van der Waals surface area contributed by atoms with E-state index in [-0.39, 0.29) is 0 Å². The molecule has 116 valence electrons. The van der Waals surface area contributed by atoms with Gasteiger partial charge in [0.05, 0.1) is 0 Å². The summed E-state index contributed by atoms with van der Waals surface area (Å²) in [6.07, 6.45) is 8.27. The minimum atomic E-state index is -1.33. The molecule has 0 atom stereocenters. The fraction of sp³-hybridized carbons (Fsp3) is 0.471. The Morgan fingerprint density at radius 3 is 2.43 bits per heavy atom. The number of unbranched alkanes of at least 4 members (excludes halogenated alkanes) is 5. The van der Waals surface area contributed by atoms with Gasteiger partial charge in [-0.3, -0.25) is 0 Å². The van der Waals surface area contributed by atoms with Gasteiger partial charge < -0.3 is 10.8 Å². The molecular formula is C17H25NO2S.